The standard InChI is InChI=1S/C15H18N2O4/c1-2-12-11(6-8-21-12)15(20)17-13-9-10(5-7-16-13)3-4-14(18)19/h3-5,7,9,11-12H,2,6,8H2,1H3,(H,18,19)(H,16,17,20)/b4-3+. The molecule has 1 aromatic heterocycles. The molecule has 21 heavy (non-hydrogen) atoms. The Morgan fingerprint density at radius 3 is 3.10 bits per heavy atom. The number of hydrogen-bond acceptors (Lipinski definition) is 4. The van der Waals surface area contributed by atoms with Crippen LogP contribution in [0, 0.1) is 5.92 Å². The summed E-state index contributed by atoms with van der Waals surface area (Å²) in [4.78, 5) is 26.8. The van der Waals surface area contributed by atoms with Crippen molar-refractivity contribution >= 4 is 23.8 Å². The van der Waals surface area contributed by atoms with Crippen molar-refractivity contribution < 1.29 is 19.4 Å². The van der Waals surface area contributed by atoms with Crippen molar-refractivity contribution in [3.05, 3.63) is 30.0 Å². The van der Waals surface area contributed by atoms with Crippen LogP contribution in [-0.2, 0) is 14.3 Å². The van der Waals surface area contributed by atoms with E-state index in [1.165, 1.54) is 12.3 Å². The van der Waals surface area contributed by atoms with Gasteiger partial charge >= 0.3 is 5.97 Å². The van der Waals surface area contributed by atoms with Crippen molar-refractivity contribution in [3.63, 3.8) is 0 Å². The van der Waals surface area contributed by atoms with Crippen LogP contribution in [0.5, 0.6) is 0 Å². The van der Waals surface area contributed by atoms with E-state index in [0.717, 1.165) is 12.5 Å². The van der Waals surface area contributed by atoms with Gasteiger partial charge in [-0.25, -0.2) is 9.78 Å². The molecule has 1 fully saturated rings. The van der Waals surface area contributed by atoms with Crippen LogP contribution in [0.15, 0.2) is 24.4 Å². The Morgan fingerprint density at radius 2 is 2.38 bits per heavy atom. The predicted octanol–water partition coefficient (Wildman–Crippen LogP) is 1.93. The van der Waals surface area contributed by atoms with Crippen molar-refractivity contribution in [2.24, 2.45) is 5.92 Å². The Labute approximate surface area is 122 Å². The van der Waals surface area contributed by atoms with E-state index < -0.39 is 5.97 Å². The Bertz CT molecular complexity index is 556. The van der Waals surface area contributed by atoms with Crippen LogP contribution >= 0.6 is 0 Å². The van der Waals surface area contributed by atoms with Gasteiger partial charge in [0.1, 0.15) is 5.82 Å². The molecule has 2 N–H and O–H groups in total. The van der Waals surface area contributed by atoms with Crippen LogP contribution in [0.1, 0.15) is 25.3 Å². The van der Waals surface area contributed by atoms with Crippen LogP contribution in [0.2, 0.25) is 0 Å². The Balaban J connectivity index is 2.04. The van der Waals surface area contributed by atoms with Crippen molar-refractivity contribution in [1.29, 1.82) is 0 Å². The largest absolute Gasteiger partial charge is 0.478 e. The Hall–Kier alpha value is -2.21. The fourth-order valence-corrected chi connectivity index (χ4v) is 2.36. The molecule has 0 aromatic carbocycles. The predicted molar refractivity (Wildman–Crippen MR) is 77.7 cm³/mol. The molecule has 1 aliphatic heterocycles. The SMILES string of the molecule is CCC1OCCC1C(=O)Nc1cc(/C=C/C(=O)O)ccn1. The quantitative estimate of drug-likeness (QED) is 0.809. The molecule has 1 saturated heterocycles. The summed E-state index contributed by atoms with van der Waals surface area (Å²) in [6.07, 6.45) is 5.49. The molecule has 112 valence electrons. The number of nitrogens with one attached hydrogen (secondary N) is 1. The molecular formula is C15H18N2O4. The number of carbonyl (C=O) groups is 2. The zero-order chi connectivity index (χ0) is 15.2. The van der Waals surface area contributed by atoms with Crippen LogP contribution in [0.4, 0.5) is 5.82 Å². The van der Waals surface area contributed by atoms with Crippen molar-refractivity contribution in [2.75, 3.05) is 11.9 Å². The van der Waals surface area contributed by atoms with Gasteiger partial charge in [0, 0.05) is 18.9 Å². The minimum absolute atomic E-state index is 0.0416. The number of carbonyl (C=O) groups excluding carboxylic acids is 1. The average molecular weight is 290 g/mol. The van der Waals surface area contributed by atoms with Crippen LogP contribution in [-0.4, -0.2) is 34.7 Å². The topological polar surface area (TPSA) is 88.5 Å². The van der Waals surface area contributed by atoms with E-state index in [4.69, 9.17) is 9.84 Å². The van der Waals surface area contributed by atoms with Gasteiger partial charge in [0.25, 0.3) is 0 Å². The zero-order valence-electron chi connectivity index (χ0n) is 11.8. The lowest BCUT2D eigenvalue weighted by Gasteiger charge is -2.16. The molecule has 0 bridgehead atoms. The van der Waals surface area contributed by atoms with Crippen molar-refractivity contribution in [2.45, 2.75) is 25.9 Å². The summed E-state index contributed by atoms with van der Waals surface area (Å²) in [5, 5.41) is 11.4. The highest BCUT2D eigenvalue weighted by molar-refractivity contribution is 5.92. The highest BCUT2D eigenvalue weighted by Crippen LogP contribution is 2.24. The number of nitrogens with zero attached hydrogens (tertiary/aromatic N) is 1. The second-order valence-electron chi connectivity index (χ2n) is 4.85. The van der Waals surface area contributed by atoms with Gasteiger partial charge in [0.05, 0.1) is 12.0 Å². The van der Waals surface area contributed by atoms with E-state index in [-0.39, 0.29) is 17.9 Å². The van der Waals surface area contributed by atoms with Gasteiger partial charge in [0.15, 0.2) is 0 Å². The molecule has 1 amide bonds. The van der Waals surface area contributed by atoms with Gasteiger partial charge in [-0.3, -0.25) is 4.79 Å². The third-order valence-corrected chi connectivity index (χ3v) is 3.40. The van der Waals surface area contributed by atoms with Gasteiger partial charge in [-0.1, -0.05) is 6.92 Å². The maximum atomic E-state index is 12.2. The lowest BCUT2D eigenvalue weighted by molar-refractivity contribution is -0.131. The molecule has 0 aliphatic carbocycles. The number of pyridine rings is 1. The minimum atomic E-state index is -1.02. The first-order valence-corrected chi connectivity index (χ1v) is 6.89. The molecule has 2 unspecified atom stereocenters. The zero-order valence-corrected chi connectivity index (χ0v) is 11.8. The average Bonchev–Trinajstić information content (AvgIpc) is 2.94. The number of aromatic nitrogens is 1. The van der Waals surface area contributed by atoms with E-state index in [0.29, 0.717) is 24.4 Å². The summed E-state index contributed by atoms with van der Waals surface area (Å²) in [6.45, 7) is 2.59. The lowest BCUT2D eigenvalue weighted by atomic mass is 9.99. The van der Waals surface area contributed by atoms with Crippen molar-refractivity contribution in [1.82, 2.24) is 4.98 Å². The molecular weight excluding hydrogens is 272 g/mol. The number of amides is 1. The fourth-order valence-electron chi connectivity index (χ4n) is 2.36. The summed E-state index contributed by atoms with van der Waals surface area (Å²) < 4.78 is 5.50. The number of carboxylic acid groups (broad SMARTS) is 1. The fraction of sp³-hybridized carbons (Fsp3) is 0.400. The van der Waals surface area contributed by atoms with Gasteiger partial charge in [-0.05, 0) is 36.6 Å². The summed E-state index contributed by atoms with van der Waals surface area (Å²) in [6, 6.07) is 3.30. The third kappa shape index (κ3) is 4.13. The van der Waals surface area contributed by atoms with Gasteiger partial charge < -0.3 is 15.2 Å². The highest BCUT2D eigenvalue weighted by atomic mass is 16.5. The molecule has 2 atom stereocenters. The summed E-state index contributed by atoms with van der Waals surface area (Å²) in [5.41, 5.74) is 0.664. The first kappa shape index (κ1) is 15.2. The third-order valence-electron chi connectivity index (χ3n) is 3.40. The van der Waals surface area contributed by atoms with Crippen LogP contribution in [0.3, 0.4) is 0 Å². The summed E-state index contributed by atoms with van der Waals surface area (Å²) >= 11 is 0. The number of ether oxygens (including phenoxy) is 1. The molecule has 0 spiro atoms. The Morgan fingerprint density at radius 1 is 1.57 bits per heavy atom. The van der Waals surface area contributed by atoms with Gasteiger partial charge in [-0.15, -0.1) is 0 Å². The highest BCUT2D eigenvalue weighted by Gasteiger charge is 2.32. The maximum absolute atomic E-state index is 12.2. The maximum Gasteiger partial charge on any atom is 0.328 e. The van der Waals surface area contributed by atoms with Crippen molar-refractivity contribution in [3.8, 4) is 0 Å². The smallest absolute Gasteiger partial charge is 0.328 e. The second-order valence-corrected chi connectivity index (χ2v) is 4.85. The number of rotatable bonds is 5. The van der Waals surface area contributed by atoms with E-state index in [2.05, 4.69) is 10.3 Å². The van der Waals surface area contributed by atoms with Gasteiger partial charge in [0.2, 0.25) is 5.91 Å². The van der Waals surface area contributed by atoms with E-state index in [1.54, 1.807) is 12.1 Å². The van der Waals surface area contributed by atoms with Gasteiger partial charge in [-0.2, -0.15) is 0 Å². The molecule has 6 nitrogen and oxygen atoms in total. The van der Waals surface area contributed by atoms with E-state index in [1.807, 2.05) is 6.92 Å². The molecule has 6 heteroatoms. The second kappa shape index (κ2) is 6.99. The number of hydrogen-bond donors (Lipinski definition) is 2. The summed E-state index contributed by atoms with van der Waals surface area (Å²) in [5.74, 6) is -0.873. The monoisotopic (exact) mass is 290 g/mol. The Kier molecular flexibility index (Phi) is 5.05. The summed E-state index contributed by atoms with van der Waals surface area (Å²) in [7, 11) is 0. The molecule has 0 radical (unpaired) electrons. The normalized spacial score (nSPS) is 21.6. The lowest BCUT2D eigenvalue weighted by Crippen LogP contribution is -2.29. The first-order chi connectivity index (χ1) is 10.1. The first-order valence-electron chi connectivity index (χ1n) is 6.89. The number of aliphatic carboxylic acids is 1. The van der Waals surface area contributed by atoms with E-state index in [9.17, 15) is 9.59 Å². The molecule has 2 heterocycles. The molecule has 0 saturated carbocycles. The molecule has 2 rings (SSSR count). The number of carboxylic acids is 1. The minimum Gasteiger partial charge on any atom is -0.478 e. The van der Waals surface area contributed by atoms with Crippen LogP contribution < -0.4 is 5.32 Å². The number of anilines is 1. The molecule has 1 aliphatic rings. The molecule has 1 aromatic rings. The van der Waals surface area contributed by atoms with Crippen LogP contribution in [0.25, 0.3) is 6.08 Å². The van der Waals surface area contributed by atoms with E-state index >= 15 is 0 Å².